The van der Waals surface area contributed by atoms with Gasteiger partial charge in [0.15, 0.2) is 5.82 Å². The van der Waals surface area contributed by atoms with Crippen molar-refractivity contribution in [1.29, 1.82) is 0 Å². The number of halogens is 1. The van der Waals surface area contributed by atoms with Crippen LogP contribution in [-0.2, 0) is 20.9 Å². The molecule has 124 valence electrons. The second-order valence-corrected chi connectivity index (χ2v) is 5.63. The molecule has 0 spiro atoms. The summed E-state index contributed by atoms with van der Waals surface area (Å²) >= 11 is 0. The van der Waals surface area contributed by atoms with Gasteiger partial charge in [-0.25, -0.2) is 9.29 Å². The number of likely N-dealkylation sites (N-methyl/N-ethyl adjacent to an activating group) is 1. The van der Waals surface area contributed by atoms with Crippen molar-refractivity contribution in [2.75, 3.05) is 19.0 Å². The predicted molar refractivity (Wildman–Crippen MR) is 83.1 cm³/mol. The van der Waals surface area contributed by atoms with Gasteiger partial charge >= 0.3 is 0 Å². The summed E-state index contributed by atoms with van der Waals surface area (Å²) in [6.07, 6.45) is 0.330. The summed E-state index contributed by atoms with van der Waals surface area (Å²) in [5.74, 6) is -1.73. The van der Waals surface area contributed by atoms with E-state index >= 15 is 0 Å². The lowest BCUT2D eigenvalue weighted by Gasteiger charge is -2.19. The van der Waals surface area contributed by atoms with E-state index in [-0.39, 0.29) is 30.1 Å². The zero-order valence-corrected chi connectivity index (χ0v) is 13.4. The van der Waals surface area contributed by atoms with Crippen molar-refractivity contribution >= 4 is 23.4 Å². The fourth-order valence-corrected chi connectivity index (χ4v) is 2.47. The van der Waals surface area contributed by atoms with E-state index in [2.05, 4.69) is 5.32 Å². The minimum Gasteiger partial charge on any atom is -0.352 e. The molecule has 1 aliphatic heterocycles. The lowest BCUT2D eigenvalue weighted by atomic mass is 10.1. The van der Waals surface area contributed by atoms with Crippen LogP contribution in [0.5, 0.6) is 0 Å². The molecule has 2 rings (SSSR count). The van der Waals surface area contributed by atoms with Crippen molar-refractivity contribution < 1.29 is 18.8 Å². The van der Waals surface area contributed by atoms with Crippen LogP contribution in [0.25, 0.3) is 0 Å². The highest BCUT2D eigenvalue weighted by Crippen LogP contribution is 2.28. The molecule has 0 bridgehead atoms. The van der Waals surface area contributed by atoms with Gasteiger partial charge < -0.3 is 5.32 Å². The molecule has 0 saturated carbocycles. The monoisotopic (exact) mass is 321 g/mol. The second kappa shape index (κ2) is 6.87. The summed E-state index contributed by atoms with van der Waals surface area (Å²) < 4.78 is 14.6. The number of nitrogens with one attached hydrogen (secondary N) is 1. The van der Waals surface area contributed by atoms with Gasteiger partial charge in [0.1, 0.15) is 0 Å². The number of rotatable bonds is 5. The summed E-state index contributed by atoms with van der Waals surface area (Å²) in [6, 6.07) is 3.90. The Morgan fingerprint density at radius 1 is 1.39 bits per heavy atom. The molecule has 1 aromatic carbocycles. The van der Waals surface area contributed by atoms with Crippen LogP contribution in [-0.4, -0.2) is 42.8 Å². The lowest BCUT2D eigenvalue weighted by molar-refractivity contribution is -0.123. The smallest absolute Gasteiger partial charge is 0.251 e. The van der Waals surface area contributed by atoms with Crippen LogP contribution in [0.4, 0.5) is 10.1 Å². The van der Waals surface area contributed by atoms with Gasteiger partial charge in [0, 0.05) is 18.5 Å². The van der Waals surface area contributed by atoms with Crippen molar-refractivity contribution in [3.63, 3.8) is 0 Å². The molecule has 0 unspecified atom stereocenters. The third-order valence-corrected chi connectivity index (χ3v) is 3.84. The zero-order chi connectivity index (χ0) is 17.1. The highest BCUT2D eigenvalue weighted by molar-refractivity contribution is 6.22. The number of hydrogen-bond acceptors (Lipinski definition) is 4. The van der Waals surface area contributed by atoms with Crippen molar-refractivity contribution in [3.8, 4) is 0 Å². The lowest BCUT2D eigenvalue weighted by Crippen LogP contribution is -2.38. The molecule has 1 aliphatic rings. The van der Waals surface area contributed by atoms with Gasteiger partial charge in [-0.1, -0.05) is 19.1 Å². The largest absolute Gasteiger partial charge is 0.352 e. The molecular weight excluding hydrogens is 301 g/mol. The number of amides is 3. The minimum atomic E-state index is -0.662. The number of nitrogens with zero attached hydrogens (tertiary/aromatic N) is 2. The molecule has 1 fully saturated rings. The van der Waals surface area contributed by atoms with Gasteiger partial charge in [0.05, 0.1) is 18.2 Å². The number of anilines is 1. The quantitative estimate of drug-likeness (QED) is 0.823. The van der Waals surface area contributed by atoms with Crippen molar-refractivity contribution in [2.45, 2.75) is 32.4 Å². The summed E-state index contributed by atoms with van der Waals surface area (Å²) in [6.45, 7) is 1.71. The van der Waals surface area contributed by atoms with Crippen LogP contribution < -0.4 is 10.2 Å². The van der Waals surface area contributed by atoms with E-state index in [4.69, 9.17) is 0 Å². The average molecular weight is 321 g/mol. The molecule has 1 saturated heterocycles. The van der Waals surface area contributed by atoms with Gasteiger partial charge in [0.25, 0.3) is 5.91 Å². The van der Waals surface area contributed by atoms with E-state index in [0.29, 0.717) is 6.42 Å². The predicted octanol–water partition coefficient (Wildman–Crippen LogP) is 1.05. The van der Waals surface area contributed by atoms with E-state index in [1.165, 1.54) is 12.1 Å². The molecule has 1 atom stereocenters. The molecule has 1 heterocycles. The normalized spacial score (nSPS) is 18.0. The number of carbonyl (C=O) groups excluding carboxylic acids is 3. The third kappa shape index (κ3) is 3.39. The van der Waals surface area contributed by atoms with E-state index in [1.54, 1.807) is 32.0 Å². The Morgan fingerprint density at radius 3 is 2.65 bits per heavy atom. The summed E-state index contributed by atoms with van der Waals surface area (Å²) in [4.78, 5) is 38.3. The maximum absolute atomic E-state index is 14.6. The molecule has 0 aromatic heterocycles. The zero-order valence-electron chi connectivity index (χ0n) is 13.4. The molecular formula is C16H20FN3O3. The molecule has 1 N–H and O–H groups in total. The second-order valence-electron chi connectivity index (χ2n) is 5.63. The molecule has 3 amide bonds. The Morgan fingerprint density at radius 2 is 2.09 bits per heavy atom. The van der Waals surface area contributed by atoms with Gasteiger partial charge in [-0.3, -0.25) is 19.3 Å². The molecule has 0 radical (unpaired) electrons. The van der Waals surface area contributed by atoms with E-state index in [1.807, 2.05) is 0 Å². The summed E-state index contributed by atoms with van der Waals surface area (Å²) in [7, 11) is 3.40. The van der Waals surface area contributed by atoms with Gasteiger partial charge in [-0.05, 0) is 20.2 Å². The summed E-state index contributed by atoms with van der Waals surface area (Å²) in [5, 5.41) is 2.58. The Bertz CT molecular complexity index is 645. The fourth-order valence-electron chi connectivity index (χ4n) is 2.47. The first-order valence-corrected chi connectivity index (χ1v) is 7.44. The topological polar surface area (TPSA) is 69.7 Å². The number of carbonyl (C=O) groups is 3. The van der Waals surface area contributed by atoms with Crippen LogP contribution in [0.1, 0.15) is 25.3 Å². The summed E-state index contributed by atoms with van der Waals surface area (Å²) in [5.41, 5.74) is 0.172. The molecule has 6 nitrogen and oxygen atoms in total. The van der Waals surface area contributed by atoms with Crippen molar-refractivity contribution in [1.82, 2.24) is 10.2 Å². The van der Waals surface area contributed by atoms with E-state index in [0.717, 1.165) is 4.90 Å². The minimum absolute atomic E-state index is 0.0136. The SMILES string of the molecule is CCC(=O)NCc1cccc(N2C(=O)C[C@@H](N(C)C)C2=O)c1F. The number of hydrogen-bond donors (Lipinski definition) is 1. The Hall–Kier alpha value is -2.28. The van der Waals surface area contributed by atoms with Crippen LogP contribution in [0.2, 0.25) is 0 Å². The Labute approximate surface area is 134 Å². The number of benzene rings is 1. The molecule has 1 aromatic rings. The first-order valence-electron chi connectivity index (χ1n) is 7.44. The van der Waals surface area contributed by atoms with Gasteiger partial charge in [-0.2, -0.15) is 0 Å². The first kappa shape index (κ1) is 17.1. The van der Waals surface area contributed by atoms with Crippen molar-refractivity contribution in [3.05, 3.63) is 29.6 Å². The van der Waals surface area contributed by atoms with Crippen molar-refractivity contribution in [2.24, 2.45) is 0 Å². The maximum Gasteiger partial charge on any atom is 0.251 e. The first-order chi connectivity index (χ1) is 10.9. The van der Waals surface area contributed by atoms with E-state index in [9.17, 15) is 18.8 Å². The Kier molecular flexibility index (Phi) is 5.10. The molecule has 0 aliphatic carbocycles. The molecule has 7 heteroatoms. The van der Waals surface area contributed by atoms with Gasteiger partial charge in [0.2, 0.25) is 11.8 Å². The van der Waals surface area contributed by atoms with Gasteiger partial charge in [-0.15, -0.1) is 0 Å². The highest BCUT2D eigenvalue weighted by atomic mass is 19.1. The highest BCUT2D eigenvalue weighted by Gasteiger charge is 2.41. The maximum atomic E-state index is 14.6. The number of imide groups is 1. The average Bonchev–Trinajstić information content (AvgIpc) is 2.81. The van der Waals surface area contributed by atoms with Crippen LogP contribution in [0.3, 0.4) is 0 Å². The van der Waals surface area contributed by atoms with E-state index < -0.39 is 23.7 Å². The van der Waals surface area contributed by atoms with Crippen LogP contribution in [0.15, 0.2) is 18.2 Å². The Balaban J connectivity index is 2.28. The standard InChI is InChI=1S/C16H20FN3O3/c1-4-13(21)18-9-10-6-5-7-11(15(10)17)20-14(22)8-12(16(20)23)19(2)3/h5-7,12H,4,8-9H2,1-3H3,(H,18,21)/t12-/m1/s1. The third-order valence-electron chi connectivity index (χ3n) is 3.84. The molecule has 23 heavy (non-hydrogen) atoms. The van der Waals surface area contributed by atoms with Crippen LogP contribution in [0, 0.1) is 5.82 Å². The fraction of sp³-hybridized carbons (Fsp3) is 0.438. The van der Waals surface area contributed by atoms with Crippen LogP contribution >= 0.6 is 0 Å².